The minimum atomic E-state index is -0.179. The van der Waals surface area contributed by atoms with Gasteiger partial charge in [0.15, 0.2) is 0 Å². The van der Waals surface area contributed by atoms with Crippen molar-refractivity contribution in [3.63, 3.8) is 0 Å². The molecular formula is C20H18N2O3S2. The molecule has 138 valence electrons. The maximum atomic E-state index is 12.6. The number of anilines is 1. The van der Waals surface area contributed by atoms with Crippen molar-refractivity contribution in [3.8, 4) is 5.75 Å². The zero-order valence-corrected chi connectivity index (χ0v) is 16.3. The van der Waals surface area contributed by atoms with Crippen molar-refractivity contribution in [3.05, 3.63) is 65.1 Å². The molecule has 1 heterocycles. The highest BCUT2D eigenvalue weighted by molar-refractivity contribution is 8.26. The first-order chi connectivity index (χ1) is 13.1. The number of nitrogens with one attached hydrogen (secondary N) is 1. The van der Waals surface area contributed by atoms with E-state index in [2.05, 4.69) is 5.32 Å². The lowest BCUT2D eigenvalue weighted by atomic mass is 10.2. The van der Waals surface area contributed by atoms with E-state index in [0.717, 1.165) is 11.3 Å². The van der Waals surface area contributed by atoms with Crippen LogP contribution in [0.25, 0.3) is 6.08 Å². The molecule has 1 saturated heterocycles. The van der Waals surface area contributed by atoms with Gasteiger partial charge < -0.3 is 10.1 Å². The summed E-state index contributed by atoms with van der Waals surface area (Å²) < 4.78 is 5.56. The molecule has 27 heavy (non-hydrogen) atoms. The Morgan fingerprint density at radius 3 is 2.56 bits per heavy atom. The molecule has 7 heteroatoms. The Bertz CT molecular complexity index is 880. The minimum absolute atomic E-state index is 0.161. The number of hydrogen-bond donors (Lipinski definition) is 1. The molecule has 0 radical (unpaired) electrons. The summed E-state index contributed by atoms with van der Waals surface area (Å²) in [6.07, 6.45) is 1.98. The summed E-state index contributed by atoms with van der Waals surface area (Å²) in [5.74, 6) is 0.378. The molecule has 2 aromatic rings. The fraction of sp³-hybridized carbons (Fsp3) is 0.150. The third-order valence-corrected chi connectivity index (χ3v) is 5.28. The topological polar surface area (TPSA) is 58.6 Å². The van der Waals surface area contributed by atoms with Gasteiger partial charge in [0, 0.05) is 18.7 Å². The molecule has 5 nitrogen and oxygen atoms in total. The van der Waals surface area contributed by atoms with Crippen LogP contribution >= 0.6 is 24.0 Å². The molecule has 0 bridgehead atoms. The average Bonchev–Trinajstić information content (AvgIpc) is 2.94. The summed E-state index contributed by atoms with van der Waals surface area (Å²) in [4.78, 5) is 26.8. The molecule has 0 spiro atoms. The van der Waals surface area contributed by atoms with E-state index in [4.69, 9.17) is 17.0 Å². The predicted octanol–water partition coefficient (Wildman–Crippen LogP) is 3.93. The molecule has 1 N–H and O–H groups in total. The fourth-order valence-corrected chi connectivity index (χ4v) is 3.81. The van der Waals surface area contributed by atoms with Crippen LogP contribution in [0.5, 0.6) is 5.75 Å². The van der Waals surface area contributed by atoms with E-state index in [1.807, 2.05) is 36.4 Å². The van der Waals surface area contributed by atoms with Gasteiger partial charge in [0.05, 0.1) is 12.0 Å². The Balaban J connectivity index is 1.57. The van der Waals surface area contributed by atoms with Crippen LogP contribution in [0.3, 0.4) is 0 Å². The molecule has 3 rings (SSSR count). The molecule has 0 aliphatic carbocycles. The monoisotopic (exact) mass is 398 g/mol. The van der Waals surface area contributed by atoms with E-state index >= 15 is 0 Å². The molecule has 1 aliphatic rings. The number of methoxy groups -OCH3 is 1. The molecule has 1 aliphatic heterocycles. The number of hydrogen-bond acceptors (Lipinski definition) is 5. The van der Waals surface area contributed by atoms with Crippen molar-refractivity contribution in [2.75, 3.05) is 19.0 Å². The molecule has 0 saturated carbocycles. The molecular weight excluding hydrogens is 380 g/mol. The number of thiocarbonyl (C=S) groups is 1. The second-order valence-electron chi connectivity index (χ2n) is 5.77. The van der Waals surface area contributed by atoms with Crippen LogP contribution in [0.2, 0.25) is 0 Å². The van der Waals surface area contributed by atoms with E-state index < -0.39 is 0 Å². The molecule has 0 atom stereocenters. The van der Waals surface area contributed by atoms with E-state index in [9.17, 15) is 9.59 Å². The molecule has 1 fully saturated rings. The molecule has 2 aromatic carbocycles. The summed E-state index contributed by atoms with van der Waals surface area (Å²) in [5, 5.41) is 2.80. The van der Waals surface area contributed by atoms with Gasteiger partial charge in [-0.2, -0.15) is 0 Å². The van der Waals surface area contributed by atoms with Gasteiger partial charge in [0.25, 0.3) is 5.91 Å². The number of rotatable bonds is 6. The van der Waals surface area contributed by atoms with Crippen LogP contribution in [0.4, 0.5) is 5.69 Å². The van der Waals surface area contributed by atoms with Gasteiger partial charge in [-0.3, -0.25) is 14.5 Å². The number of ether oxygens (including phenoxy) is 1. The normalized spacial score (nSPS) is 15.3. The number of carbonyl (C=O) groups is 2. The van der Waals surface area contributed by atoms with Crippen LogP contribution in [0.1, 0.15) is 12.0 Å². The van der Waals surface area contributed by atoms with Gasteiger partial charge in [-0.05, 0) is 35.9 Å². The Morgan fingerprint density at radius 1 is 1.19 bits per heavy atom. The number of benzene rings is 2. The summed E-state index contributed by atoms with van der Waals surface area (Å²) in [6, 6.07) is 16.7. The van der Waals surface area contributed by atoms with Gasteiger partial charge in [-0.1, -0.05) is 54.3 Å². The lowest BCUT2D eigenvalue weighted by Gasteiger charge is -2.14. The van der Waals surface area contributed by atoms with Crippen LogP contribution in [0.15, 0.2) is 59.5 Å². The standard InChI is InChI=1S/C20H18N2O3S2/c1-25-16-9-7-15(8-10-16)21-18(23)11-12-22-19(24)17(27-20(22)26)13-14-5-3-2-4-6-14/h2-10,13H,11-12H2,1H3,(H,21,23). The van der Waals surface area contributed by atoms with Gasteiger partial charge in [0.1, 0.15) is 10.1 Å². The van der Waals surface area contributed by atoms with Crippen molar-refractivity contribution < 1.29 is 14.3 Å². The zero-order chi connectivity index (χ0) is 19.2. The first kappa shape index (κ1) is 19.1. The van der Waals surface area contributed by atoms with Gasteiger partial charge >= 0.3 is 0 Å². The SMILES string of the molecule is COc1ccc(NC(=O)CCN2C(=O)C(=Cc3ccccc3)SC2=S)cc1. The van der Waals surface area contributed by atoms with Crippen molar-refractivity contribution >= 4 is 51.9 Å². The summed E-state index contributed by atoms with van der Waals surface area (Å²) >= 11 is 6.56. The summed E-state index contributed by atoms with van der Waals surface area (Å²) in [6.45, 7) is 0.249. The van der Waals surface area contributed by atoms with Crippen LogP contribution in [0, 0.1) is 0 Å². The number of thioether (sulfide) groups is 1. The summed E-state index contributed by atoms with van der Waals surface area (Å²) in [7, 11) is 1.59. The molecule has 2 amide bonds. The smallest absolute Gasteiger partial charge is 0.266 e. The predicted molar refractivity (Wildman–Crippen MR) is 113 cm³/mol. The second kappa shape index (κ2) is 8.83. The van der Waals surface area contributed by atoms with Crippen molar-refractivity contribution in [1.29, 1.82) is 0 Å². The largest absolute Gasteiger partial charge is 0.497 e. The second-order valence-corrected chi connectivity index (χ2v) is 7.45. The molecule has 0 unspecified atom stereocenters. The Labute approximate surface area is 167 Å². The van der Waals surface area contributed by atoms with Crippen LogP contribution in [-0.2, 0) is 9.59 Å². The Morgan fingerprint density at radius 2 is 1.89 bits per heavy atom. The third-order valence-electron chi connectivity index (χ3n) is 3.91. The highest BCUT2D eigenvalue weighted by Crippen LogP contribution is 2.32. The highest BCUT2D eigenvalue weighted by atomic mass is 32.2. The third kappa shape index (κ3) is 4.96. The quantitative estimate of drug-likeness (QED) is 0.590. The average molecular weight is 399 g/mol. The van der Waals surface area contributed by atoms with Crippen molar-refractivity contribution in [2.45, 2.75) is 6.42 Å². The highest BCUT2D eigenvalue weighted by Gasteiger charge is 2.32. The number of amides is 2. The van der Waals surface area contributed by atoms with Crippen molar-refractivity contribution in [1.82, 2.24) is 4.90 Å². The van der Waals surface area contributed by atoms with Crippen LogP contribution < -0.4 is 10.1 Å². The lowest BCUT2D eigenvalue weighted by molar-refractivity contribution is -0.122. The van der Waals surface area contributed by atoms with Gasteiger partial charge in [-0.25, -0.2) is 0 Å². The lowest BCUT2D eigenvalue weighted by Crippen LogP contribution is -2.31. The Hall–Kier alpha value is -2.64. The minimum Gasteiger partial charge on any atom is -0.497 e. The van der Waals surface area contributed by atoms with Gasteiger partial charge in [0.2, 0.25) is 5.91 Å². The van der Waals surface area contributed by atoms with E-state index in [1.54, 1.807) is 31.4 Å². The molecule has 0 aromatic heterocycles. The first-order valence-electron chi connectivity index (χ1n) is 8.31. The Kier molecular flexibility index (Phi) is 6.26. The van der Waals surface area contributed by atoms with Crippen LogP contribution in [-0.4, -0.2) is 34.7 Å². The maximum absolute atomic E-state index is 12.6. The van der Waals surface area contributed by atoms with E-state index in [0.29, 0.717) is 14.9 Å². The maximum Gasteiger partial charge on any atom is 0.266 e. The number of nitrogens with zero attached hydrogens (tertiary/aromatic N) is 1. The summed E-state index contributed by atoms with van der Waals surface area (Å²) in [5.41, 5.74) is 1.62. The first-order valence-corrected chi connectivity index (χ1v) is 9.53. The van der Waals surface area contributed by atoms with E-state index in [-0.39, 0.29) is 24.8 Å². The van der Waals surface area contributed by atoms with Gasteiger partial charge in [-0.15, -0.1) is 0 Å². The van der Waals surface area contributed by atoms with Crippen molar-refractivity contribution in [2.24, 2.45) is 0 Å². The van der Waals surface area contributed by atoms with E-state index in [1.165, 1.54) is 16.7 Å². The fourth-order valence-electron chi connectivity index (χ4n) is 2.50. The number of carbonyl (C=O) groups excluding carboxylic acids is 2. The zero-order valence-electron chi connectivity index (χ0n) is 14.7.